The summed E-state index contributed by atoms with van der Waals surface area (Å²) in [6.07, 6.45) is 6.59. The molecule has 3 aromatic rings. The number of imidazole rings is 1. The van der Waals surface area contributed by atoms with E-state index in [2.05, 4.69) is 15.2 Å². The Morgan fingerprint density at radius 2 is 1.79 bits per heavy atom. The largest absolute Gasteiger partial charge is 0.437 e. The molecule has 1 amide bonds. The predicted octanol–water partition coefficient (Wildman–Crippen LogP) is 3.83. The van der Waals surface area contributed by atoms with Gasteiger partial charge in [0.05, 0.1) is 0 Å². The van der Waals surface area contributed by atoms with Crippen molar-refractivity contribution in [3.05, 3.63) is 60.2 Å². The Labute approximate surface area is 199 Å². The highest BCUT2D eigenvalue weighted by Gasteiger charge is 2.29. The molecule has 1 aliphatic heterocycles. The molecule has 1 aliphatic carbocycles. The zero-order chi connectivity index (χ0) is 23.5. The average molecular weight is 466 g/mol. The van der Waals surface area contributed by atoms with Gasteiger partial charge >= 0.3 is 0 Å². The number of pyridine rings is 1. The van der Waals surface area contributed by atoms with E-state index in [1.54, 1.807) is 19.1 Å². The minimum absolute atomic E-state index is 0.183. The fourth-order valence-electron chi connectivity index (χ4n) is 5.17. The van der Waals surface area contributed by atoms with Gasteiger partial charge in [0.1, 0.15) is 22.9 Å². The molecular formula is C26H32FN5O2. The topological polar surface area (TPSA) is 62.1 Å². The summed E-state index contributed by atoms with van der Waals surface area (Å²) in [6, 6.07) is 13.0. The number of nitrogens with zero attached hydrogens (tertiary/aromatic N) is 4. The van der Waals surface area contributed by atoms with Crippen LogP contribution in [-0.4, -0.2) is 63.4 Å². The van der Waals surface area contributed by atoms with Crippen LogP contribution >= 0.6 is 0 Å². The summed E-state index contributed by atoms with van der Waals surface area (Å²) < 4.78 is 21.4. The molecule has 2 aromatic heterocycles. The number of aromatic nitrogens is 2. The first-order valence-corrected chi connectivity index (χ1v) is 12.2. The third kappa shape index (κ3) is 5.08. The fraction of sp³-hybridized carbons (Fsp3) is 0.462. The third-order valence-corrected chi connectivity index (χ3v) is 7.15. The van der Waals surface area contributed by atoms with E-state index in [0.717, 1.165) is 50.4 Å². The van der Waals surface area contributed by atoms with Crippen molar-refractivity contribution in [1.82, 2.24) is 24.5 Å². The molecule has 0 spiro atoms. The molecule has 0 radical (unpaired) electrons. The summed E-state index contributed by atoms with van der Waals surface area (Å²) in [7, 11) is 0. The van der Waals surface area contributed by atoms with Crippen molar-refractivity contribution >= 4 is 11.6 Å². The molecule has 0 unspecified atom stereocenters. The molecule has 2 fully saturated rings. The highest BCUT2D eigenvalue weighted by atomic mass is 19.1. The summed E-state index contributed by atoms with van der Waals surface area (Å²) in [4.78, 5) is 20.8. The van der Waals surface area contributed by atoms with Gasteiger partial charge < -0.3 is 15.0 Å². The number of nitrogens with one attached hydrogen (secondary N) is 1. The Balaban J connectivity index is 1.19. The van der Waals surface area contributed by atoms with Crippen LogP contribution in [0.3, 0.4) is 0 Å². The van der Waals surface area contributed by atoms with E-state index in [9.17, 15) is 9.18 Å². The van der Waals surface area contributed by atoms with Crippen LogP contribution in [-0.2, 0) is 11.3 Å². The van der Waals surface area contributed by atoms with Gasteiger partial charge in [-0.05, 0) is 62.1 Å². The summed E-state index contributed by atoms with van der Waals surface area (Å²) in [5.41, 5.74) is 1.78. The molecular weight excluding hydrogens is 433 g/mol. The molecule has 1 aromatic carbocycles. The maximum Gasteiger partial charge on any atom is 0.242 e. The van der Waals surface area contributed by atoms with Crippen LogP contribution in [0.2, 0.25) is 0 Å². The number of amides is 1. The first-order chi connectivity index (χ1) is 16.6. The number of fused-ring (bicyclic) bond motifs is 1. The van der Waals surface area contributed by atoms with Crippen LogP contribution < -0.4 is 10.1 Å². The van der Waals surface area contributed by atoms with Crippen molar-refractivity contribution in [1.29, 1.82) is 0 Å². The zero-order valence-electron chi connectivity index (χ0n) is 19.6. The lowest BCUT2D eigenvalue weighted by molar-refractivity contribution is -0.131. The monoisotopic (exact) mass is 465 g/mol. The third-order valence-electron chi connectivity index (χ3n) is 7.15. The van der Waals surface area contributed by atoms with E-state index < -0.39 is 0 Å². The number of ether oxygens (including phenoxy) is 1. The molecule has 8 heteroatoms. The smallest absolute Gasteiger partial charge is 0.242 e. The highest BCUT2D eigenvalue weighted by Crippen LogP contribution is 2.28. The summed E-state index contributed by atoms with van der Waals surface area (Å²) in [5, 5.41) is 3.72. The maximum atomic E-state index is 13.3. The van der Waals surface area contributed by atoms with Crippen LogP contribution in [0, 0.1) is 5.82 Å². The van der Waals surface area contributed by atoms with E-state index in [1.165, 1.54) is 25.0 Å². The molecule has 7 nitrogen and oxygen atoms in total. The Bertz CT molecular complexity index is 1120. The molecule has 5 rings (SSSR count). The Kier molecular flexibility index (Phi) is 6.78. The lowest BCUT2D eigenvalue weighted by Gasteiger charge is -2.42. The number of benzene rings is 1. The van der Waals surface area contributed by atoms with Gasteiger partial charge in [-0.25, -0.2) is 4.39 Å². The van der Waals surface area contributed by atoms with E-state index in [1.807, 2.05) is 33.7 Å². The normalized spacial score (nSPS) is 21.6. The number of halogens is 1. The maximum absolute atomic E-state index is 13.3. The zero-order valence-corrected chi connectivity index (χ0v) is 19.6. The second-order valence-electron chi connectivity index (χ2n) is 9.28. The average Bonchev–Trinajstić information content (AvgIpc) is 3.21. The number of piperazine rings is 1. The second kappa shape index (κ2) is 10.1. The Morgan fingerprint density at radius 1 is 1.06 bits per heavy atom. The fourth-order valence-corrected chi connectivity index (χ4v) is 5.17. The molecule has 1 N–H and O–H groups in total. The number of hydrogen-bond acceptors (Lipinski definition) is 5. The molecule has 180 valence electrons. The van der Waals surface area contributed by atoms with Crippen LogP contribution in [0.25, 0.3) is 5.65 Å². The summed E-state index contributed by atoms with van der Waals surface area (Å²) in [5.74, 6) is 1.00. The lowest BCUT2D eigenvalue weighted by atomic mass is 9.89. The van der Waals surface area contributed by atoms with Gasteiger partial charge in [0.2, 0.25) is 11.8 Å². The first kappa shape index (κ1) is 22.8. The van der Waals surface area contributed by atoms with Gasteiger partial charge in [-0.1, -0.05) is 6.07 Å². The van der Waals surface area contributed by atoms with Crippen molar-refractivity contribution < 1.29 is 13.9 Å². The van der Waals surface area contributed by atoms with Gasteiger partial charge in [-0.2, -0.15) is 4.98 Å². The van der Waals surface area contributed by atoms with Crippen LogP contribution in [0.1, 0.15) is 38.3 Å². The molecule has 1 saturated heterocycles. The van der Waals surface area contributed by atoms with Crippen molar-refractivity contribution in [2.45, 2.75) is 51.2 Å². The number of rotatable bonds is 6. The molecule has 2 aliphatic rings. The Morgan fingerprint density at radius 3 is 2.50 bits per heavy atom. The van der Waals surface area contributed by atoms with Gasteiger partial charge in [-0.15, -0.1) is 0 Å². The van der Waals surface area contributed by atoms with Crippen molar-refractivity contribution in [2.24, 2.45) is 0 Å². The van der Waals surface area contributed by atoms with E-state index in [0.29, 0.717) is 30.3 Å². The standard InChI is InChI=1S/C26H32FN5O2/c1-19(33)30-14-16-31(17-15-30)22-9-7-21(8-10-22)28-18-24-26(29-25-4-2-3-13-32(24)25)34-23-11-5-20(27)6-12-23/h2-6,11-13,21-22,28H,7-10,14-18H2,1H3. The molecule has 1 saturated carbocycles. The molecule has 3 heterocycles. The van der Waals surface area contributed by atoms with Crippen molar-refractivity contribution in [3.8, 4) is 11.6 Å². The predicted molar refractivity (Wildman–Crippen MR) is 128 cm³/mol. The quantitative estimate of drug-likeness (QED) is 0.600. The number of hydrogen-bond donors (Lipinski definition) is 1. The summed E-state index contributed by atoms with van der Waals surface area (Å²) in [6.45, 7) is 5.96. The van der Waals surface area contributed by atoms with E-state index in [-0.39, 0.29) is 11.7 Å². The van der Waals surface area contributed by atoms with Crippen LogP contribution in [0.5, 0.6) is 11.6 Å². The second-order valence-corrected chi connectivity index (χ2v) is 9.28. The van der Waals surface area contributed by atoms with E-state index >= 15 is 0 Å². The van der Waals surface area contributed by atoms with Crippen molar-refractivity contribution in [3.63, 3.8) is 0 Å². The Hall–Kier alpha value is -2.97. The minimum atomic E-state index is -0.291. The number of carbonyl (C=O) groups is 1. The molecule has 0 atom stereocenters. The van der Waals surface area contributed by atoms with Gasteiger partial charge in [0.25, 0.3) is 0 Å². The van der Waals surface area contributed by atoms with E-state index in [4.69, 9.17) is 4.74 Å². The van der Waals surface area contributed by atoms with Gasteiger partial charge in [-0.3, -0.25) is 14.1 Å². The summed E-state index contributed by atoms with van der Waals surface area (Å²) >= 11 is 0. The molecule has 0 bridgehead atoms. The number of carbonyl (C=O) groups excluding carboxylic acids is 1. The lowest BCUT2D eigenvalue weighted by Crippen LogP contribution is -2.52. The highest BCUT2D eigenvalue weighted by molar-refractivity contribution is 5.73. The SMILES string of the molecule is CC(=O)N1CCN(C2CCC(NCc3c(Oc4ccc(F)cc4)nc4ccccn34)CC2)CC1. The van der Waals surface area contributed by atoms with Crippen LogP contribution in [0.4, 0.5) is 4.39 Å². The van der Waals surface area contributed by atoms with Crippen molar-refractivity contribution in [2.75, 3.05) is 26.2 Å². The van der Waals surface area contributed by atoms with Gasteiger partial charge in [0.15, 0.2) is 0 Å². The van der Waals surface area contributed by atoms with Crippen LogP contribution in [0.15, 0.2) is 48.7 Å². The molecule has 34 heavy (non-hydrogen) atoms. The minimum Gasteiger partial charge on any atom is -0.437 e. The first-order valence-electron chi connectivity index (χ1n) is 12.2. The van der Waals surface area contributed by atoms with Gasteiger partial charge in [0, 0.05) is 57.9 Å².